The number of hydrogen-bond donors (Lipinski definition) is 6. The number of aromatic nitrogens is 5. The van der Waals surface area contributed by atoms with Crippen molar-refractivity contribution in [2.45, 2.75) is 108 Å². The molecule has 1 aromatic carbocycles. The maximum Gasteiger partial charge on any atom is 0.320 e. The number of piperidine rings is 1. The average Bonchev–Trinajstić information content (AvgIpc) is 3.57. The number of carbonyl (C=O) groups is 2. The van der Waals surface area contributed by atoms with Crippen molar-refractivity contribution in [2.24, 2.45) is 5.73 Å². The predicted octanol–water partition coefficient (Wildman–Crippen LogP) is 3.11. The Morgan fingerprint density at radius 2 is 1.75 bits per heavy atom. The summed E-state index contributed by atoms with van der Waals surface area (Å²) in [6.07, 6.45) is 13.9. The van der Waals surface area contributed by atoms with Gasteiger partial charge in [-0.25, -0.2) is 4.98 Å². The van der Waals surface area contributed by atoms with E-state index in [2.05, 4.69) is 31.6 Å². The number of anilines is 2. The van der Waals surface area contributed by atoms with Crippen LogP contribution in [0.3, 0.4) is 0 Å². The van der Waals surface area contributed by atoms with Crippen molar-refractivity contribution in [3.8, 4) is 0 Å². The molecule has 1 aliphatic carbocycles. The van der Waals surface area contributed by atoms with Crippen molar-refractivity contribution >= 4 is 34.5 Å². The fraction of sp³-hybridized carbons (Fsp3) is 0.647. The number of fused-ring (bicyclic) bond motifs is 1. The van der Waals surface area contributed by atoms with Gasteiger partial charge in [0, 0.05) is 43.5 Å². The van der Waals surface area contributed by atoms with Gasteiger partial charge in [-0.1, -0.05) is 36.6 Å². The van der Waals surface area contributed by atoms with E-state index < -0.39 is 12.0 Å². The average molecular weight is 664 g/mol. The molecule has 1 amide bonds. The molecule has 5 rings (SSSR count). The number of likely N-dealkylation sites (tertiary alicyclic amines) is 1. The maximum absolute atomic E-state index is 12.6. The summed E-state index contributed by atoms with van der Waals surface area (Å²) in [5.74, 6) is 0.119. The van der Waals surface area contributed by atoms with Gasteiger partial charge in [0.2, 0.25) is 11.9 Å². The number of hydrogen-bond acceptors (Lipinski definition) is 11. The highest BCUT2D eigenvalue weighted by Crippen LogP contribution is 2.25. The summed E-state index contributed by atoms with van der Waals surface area (Å²) in [6, 6.07) is 7.76. The number of nitrogens with one attached hydrogen (secondary N) is 4. The minimum Gasteiger partial charge on any atom is -0.480 e. The Hall–Kier alpha value is -3.88. The van der Waals surface area contributed by atoms with E-state index in [-0.39, 0.29) is 24.8 Å². The van der Waals surface area contributed by atoms with E-state index in [4.69, 9.17) is 20.8 Å². The molecule has 14 nitrogen and oxygen atoms in total. The SMILES string of the molecule is N[C@@H](CCC(=O)N1CCC(Nc2nc(NCc3cn(CCCCNCCCNC4CCCCC4)nn3)nc3ccccc23)CC1)C(=O)O. The van der Waals surface area contributed by atoms with E-state index >= 15 is 0 Å². The van der Waals surface area contributed by atoms with Gasteiger partial charge in [-0.15, -0.1) is 5.10 Å². The van der Waals surface area contributed by atoms with Gasteiger partial charge in [-0.3, -0.25) is 14.3 Å². The van der Waals surface area contributed by atoms with Gasteiger partial charge >= 0.3 is 5.97 Å². The first kappa shape index (κ1) is 35.4. The summed E-state index contributed by atoms with van der Waals surface area (Å²) in [4.78, 5) is 34.9. The van der Waals surface area contributed by atoms with E-state index in [1.807, 2.05) is 35.1 Å². The Morgan fingerprint density at radius 3 is 2.56 bits per heavy atom. The van der Waals surface area contributed by atoms with E-state index in [0.717, 1.165) is 80.3 Å². The molecule has 1 aliphatic heterocycles. The molecular formula is C34H53N11O3. The second kappa shape index (κ2) is 18.6. The molecule has 3 heterocycles. The van der Waals surface area contributed by atoms with Crippen LogP contribution in [0.15, 0.2) is 30.5 Å². The summed E-state index contributed by atoms with van der Waals surface area (Å²) >= 11 is 0. The molecule has 48 heavy (non-hydrogen) atoms. The van der Waals surface area contributed by atoms with Crippen molar-refractivity contribution in [1.82, 2.24) is 40.5 Å². The minimum absolute atomic E-state index is 0.0542. The third-order valence-electron chi connectivity index (χ3n) is 9.35. The number of carbonyl (C=O) groups excluding carboxylic acids is 1. The molecule has 2 aromatic heterocycles. The normalized spacial score (nSPS) is 16.6. The van der Waals surface area contributed by atoms with Gasteiger partial charge in [0.15, 0.2) is 0 Å². The quantitative estimate of drug-likeness (QED) is 0.103. The Labute approximate surface area is 283 Å². The predicted molar refractivity (Wildman–Crippen MR) is 187 cm³/mol. The molecule has 0 spiro atoms. The zero-order valence-corrected chi connectivity index (χ0v) is 28.1. The van der Waals surface area contributed by atoms with E-state index in [0.29, 0.717) is 25.6 Å². The van der Waals surface area contributed by atoms with Crippen LogP contribution in [0.25, 0.3) is 10.9 Å². The standard InChI is InChI=1S/C34H53N11O3/c35-29(33(47)48)13-14-31(46)44-21-15-26(16-22-44)39-32-28-11-4-5-12-30(28)40-34(41-32)38-23-27-24-45(43-42-27)20-7-6-17-36-18-8-19-37-25-9-2-1-3-10-25/h4-5,11-12,24-26,29,36-37H,1-3,6-10,13-23,35H2,(H,47,48)(H2,38,39,40,41)/t29-/m0/s1. The summed E-state index contributed by atoms with van der Waals surface area (Å²) in [7, 11) is 0. The van der Waals surface area contributed by atoms with Crippen molar-refractivity contribution in [1.29, 1.82) is 0 Å². The Morgan fingerprint density at radius 1 is 0.958 bits per heavy atom. The summed E-state index contributed by atoms with van der Waals surface area (Å²) in [6.45, 7) is 5.66. The van der Waals surface area contributed by atoms with Crippen LogP contribution in [0.1, 0.15) is 82.7 Å². The van der Waals surface area contributed by atoms with Gasteiger partial charge in [0.25, 0.3) is 0 Å². The van der Waals surface area contributed by atoms with Crippen molar-refractivity contribution < 1.29 is 14.7 Å². The lowest BCUT2D eigenvalue weighted by molar-refractivity contribution is -0.139. The van der Waals surface area contributed by atoms with Gasteiger partial charge in [-0.2, -0.15) is 4.98 Å². The summed E-state index contributed by atoms with van der Waals surface area (Å²) < 4.78 is 1.90. The van der Waals surface area contributed by atoms with E-state index in [1.54, 1.807) is 4.90 Å². The van der Waals surface area contributed by atoms with Gasteiger partial charge < -0.3 is 37.0 Å². The second-order valence-electron chi connectivity index (χ2n) is 13.1. The van der Waals surface area contributed by atoms with E-state index in [1.165, 1.54) is 38.5 Å². The maximum atomic E-state index is 12.6. The third kappa shape index (κ3) is 11.1. The van der Waals surface area contributed by atoms with Crippen LogP contribution in [-0.2, 0) is 22.7 Å². The number of rotatable bonds is 19. The van der Waals surface area contributed by atoms with Gasteiger partial charge in [-0.05, 0) is 83.1 Å². The highest BCUT2D eigenvalue weighted by atomic mass is 16.4. The highest BCUT2D eigenvalue weighted by molar-refractivity contribution is 5.90. The molecule has 7 N–H and O–H groups in total. The van der Waals surface area contributed by atoms with Crippen LogP contribution >= 0.6 is 0 Å². The van der Waals surface area contributed by atoms with Crippen LogP contribution in [0.5, 0.6) is 0 Å². The number of unbranched alkanes of at least 4 members (excludes halogenated alkanes) is 1. The first-order valence-corrected chi connectivity index (χ1v) is 17.8. The zero-order valence-electron chi connectivity index (χ0n) is 28.1. The number of aryl methyl sites for hydroxylation is 1. The van der Waals surface area contributed by atoms with Gasteiger partial charge in [0.05, 0.1) is 18.3 Å². The lowest BCUT2D eigenvalue weighted by Crippen LogP contribution is -2.43. The van der Waals surface area contributed by atoms with Crippen molar-refractivity contribution in [3.05, 3.63) is 36.2 Å². The molecule has 14 heteroatoms. The van der Waals surface area contributed by atoms with Crippen LogP contribution < -0.4 is 27.0 Å². The molecular weight excluding hydrogens is 610 g/mol. The Balaban J connectivity index is 1.02. The molecule has 2 aliphatic rings. The van der Waals surface area contributed by atoms with Gasteiger partial charge in [0.1, 0.15) is 17.6 Å². The number of carboxylic acids is 1. The lowest BCUT2D eigenvalue weighted by atomic mass is 9.95. The minimum atomic E-state index is -1.08. The molecule has 3 aromatic rings. The molecule has 1 atom stereocenters. The molecule has 1 saturated carbocycles. The van der Waals surface area contributed by atoms with Crippen LogP contribution in [0.4, 0.5) is 11.8 Å². The first-order valence-electron chi connectivity index (χ1n) is 17.8. The second-order valence-corrected chi connectivity index (χ2v) is 13.1. The smallest absolute Gasteiger partial charge is 0.320 e. The molecule has 0 radical (unpaired) electrons. The van der Waals surface area contributed by atoms with Crippen LogP contribution in [0.2, 0.25) is 0 Å². The summed E-state index contributed by atoms with van der Waals surface area (Å²) in [5, 5.41) is 32.7. The highest BCUT2D eigenvalue weighted by Gasteiger charge is 2.25. The lowest BCUT2D eigenvalue weighted by Gasteiger charge is -2.33. The zero-order chi connectivity index (χ0) is 33.6. The number of nitrogens with two attached hydrogens (primary N) is 1. The Bertz CT molecular complexity index is 1440. The number of para-hydroxylation sites is 1. The molecule has 0 bridgehead atoms. The molecule has 0 unspecified atom stereocenters. The molecule has 2 fully saturated rings. The fourth-order valence-electron chi connectivity index (χ4n) is 6.47. The number of nitrogens with zero attached hydrogens (tertiary/aromatic N) is 6. The number of benzene rings is 1. The Kier molecular flexibility index (Phi) is 13.7. The van der Waals surface area contributed by atoms with Crippen LogP contribution in [-0.4, -0.2) is 97.7 Å². The number of carboxylic acid groups (broad SMARTS) is 1. The fourth-order valence-corrected chi connectivity index (χ4v) is 6.47. The first-order chi connectivity index (χ1) is 23.4. The number of amides is 1. The van der Waals surface area contributed by atoms with E-state index in [9.17, 15) is 9.59 Å². The largest absolute Gasteiger partial charge is 0.480 e. The molecule has 1 saturated heterocycles. The van der Waals surface area contributed by atoms with Crippen molar-refractivity contribution in [2.75, 3.05) is 43.4 Å². The summed E-state index contributed by atoms with van der Waals surface area (Å²) in [5.41, 5.74) is 7.22. The topological polar surface area (TPSA) is 188 Å². The van der Waals surface area contributed by atoms with Crippen LogP contribution in [0, 0.1) is 0 Å². The third-order valence-corrected chi connectivity index (χ3v) is 9.35. The van der Waals surface area contributed by atoms with Crippen molar-refractivity contribution in [3.63, 3.8) is 0 Å². The number of aliphatic carboxylic acids is 1. The monoisotopic (exact) mass is 663 g/mol. The molecule has 262 valence electrons.